The van der Waals surface area contributed by atoms with Crippen LogP contribution in [0.15, 0.2) is 24.4 Å². The van der Waals surface area contributed by atoms with Crippen LogP contribution in [0.3, 0.4) is 0 Å². The molecule has 0 aliphatic carbocycles. The highest BCUT2D eigenvalue weighted by atomic mass is 14.6. The van der Waals surface area contributed by atoms with Gasteiger partial charge in [0.05, 0.1) is 0 Å². The van der Waals surface area contributed by atoms with E-state index in [1.807, 2.05) is 52.8 Å². The molecule has 0 amide bonds. The molecule has 0 N–H and O–H groups in total. The maximum absolute atomic E-state index is 3.98. The van der Waals surface area contributed by atoms with Crippen molar-refractivity contribution in [3.05, 3.63) is 30.1 Å². The van der Waals surface area contributed by atoms with Crippen LogP contribution in [0.2, 0.25) is 0 Å². The smallest absolute Gasteiger partial charge is 0.0372 e. The summed E-state index contributed by atoms with van der Waals surface area (Å²) in [4.78, 5) is 3.98. The molecule has 1 aromatic rings. The number of nitrogens with zero attached hydrogens (tertiary/aromatic N) is 1. The van der Waals surface area contributed by atoms with Crippen LogP contribution in [-0.2, 0) is 0 Å². The van der Waals surface area contributed by atoms with E-state index in [0.29, 0.717) is 0 Å². The first-order valence-corrected chi connectivity index (χ1v) is 4.27. The second kappa shape index (κ2) is 16.7. The molecule has 0 aliphatic heterocycles. The van der Waals surface area contributed by atoms with E-state index in [4.69, 9.17) is 0 Å². The van der Waals surface area contributed by atoms with Gasteiger partial charge in [-0.15, -0.1) is 0 Å². The van der Waals surface area contributed by atoms with Gasteiger partial charge in [-0.3, -0.25) is 4.98 Å². The van der Waals surface area contributed by atoms with Gasteiger partial charge >= 0.3 is 0 Å². The second-order valence-electron chi connectivity index (χ2n) is 1.47. The second-order valence-corrected chi connectivity index (χ2v) is 1.47. The van der Waals surface area contributed by atoms with E-state index in [2.05, 4.69) is 4.98 Å². The normalized spacial score (nSPS) is 6.08. The average Bonchev–Trinajstić information content (AvgIpc) is 2.13. The predicted octanol–water partition coefficient (Wildman–Crippen LogP) is 3.06. The molecule has 0 fully saturated rings. The standard InChI is InChI=1S/C6H7N.2C2H6.B/c1-6-4-2-3-5-7-6;2*1-2;/h2-5H,1H3;2*1-2H3;. The zero-order valence-electron chi connectivity index (χ0n) is 8.83. The highest BCUT2D eigenvalue weighted by Crippen LogP contribution is 1.85. The minimum atomic E-state index is 0. The van der Waals surface area contributed by atoms with Gasteiger partial charge in [0.1, 0.15) is 0 Å². The number of hydrogen-bond donors (Lipinski definition) is 0. The minimum Gasteiger partial charge on any atom is -0.262 e. The van der Waals surface area contributed by atoms with Crippen LogP contribution in [-0.4, -0.2) is 13.4 Å². The summed E-state index contributed by atoms with van der Waals surface area (Å²) >= 11 is 0. The Morgan fingerprint density at radius 1 is 1.00 bits per heavy atom. The molecule has 1 rings (SSSR count). The molecule has 2 heteroatoms. The van der Waals surface area contributed by atoms with E-state index in [9.17, 15) is 0 Å². The summed E-state index contributed by atoms with van der Waals surface area (Å²) in [5.41, 5.74) is 1.07. The van der Waals surface area contributed by atoms with Gasteiger partial charge in [-0.1, -0.05) is 33.8 Å². The highest BCUT2D eigenvalue weighted by Gasteiger charge is 1.73. The van der Waals surface area contributed by atoms with Crippen molar-refractivity contribution >= 4 is 8.41 Å². The molecule has 0 atom stereocenters. The molecule has 0 bridgehead atoms. The molecule has 67 valence electrons. The Morgan fingerprint density at radius 3 is 1.67 bits per heavy atom. The third-order valence-electron chi connectivity index (χ3n) is 0.813. The van der Waals surface area contributed by atoms with E-state index in [1.165, 1.54) is 0 Å². The largest absolute Gasteiger partial charge is 0.262 e. The van der Waals surface area contributed by atoms with E-state index >= 15 is 0 Å². The molecule has 0 spiro atoms. The molecule has 3 radical (unpaired) electrons. The monoisotopic (exact) mass is 164 g/mol. The Labute approximate surface area is 78.8 Å². The predicted molar refractivity (Wildman–Crippen MR) is 57.4 cm³/mol. The first-order chi connectivity index (χ1) is 5.39. The molecule has 0 unspecified atom stereocenters. The third kappa shape index (κ3) is 11.9. The SMILES string of the molecule is CC.CC.Cc1ccccn1.[B]. The van der Waals surface area contributed by atoms with Gasteiger partial charge in [0, 0.05) is 20.3 Å². The zero-order chi connectivity index (χ0) is 9.11. The van der Waals surface area contributed by atoms with Crippen molar-refractivity contribution in [3.63, 3.8) is 0 Å². The van der Waals surface area contributed by atoms with Crippen LogP contribution in [0.5, 0.6) is 0 Å². The van der Waals surface area contributed by atoms with Gasteiger partial charge in [0.25, 0.3) is 0 Å². The van der Waals surface area contributed by atoms with Crippen LogP contribution < -0.4 is 0 Å². The quantitative estimate of drug-likeness (QED) is 0.537. The van der Waals surface area contributed by atoms with Gasteiger partial charge < -0.3 is 0 Å². The maximum atomic E-state index is 3.98. The topological polar surface area (TPSA) is 12.9 Å². The molecule has 1 nitrogen and oxygen atoms in total. The lowest BCUT2D eigenvalue weighted by Gasteiger charge is -1.82. The number of aryl methyl sites for hydroxylation is 1. The van der Waals surface area contributed by atoms with Crippen molar-refractivity contribution in [1.82, 2.24) is 4.98 Å². The van der Waals surface area contributed by atoms with Crippen LogP contribution in [0.1, 0.15) is 33.4 Å². The van der Waals surface area contributed by atoms with E-state index < -0.39 is 0 Å². The summed E-state index contributed by atoms with van der Waals surface area (Å²) in [6.07, 6.45) is 1.79. The Morgan fingerprint density at radius 2 is 1.50 bits per heavy atom. The van der Waals surface area contributed by atoms with Crippen molar-refractivity contribution in [2.24, 2.45) is 0 Å². The van der Waals surface area contributed by atoms with Crippen LogP contribution >= 0.6 is 0 Å². The molecule has 0 aromatic carbocycles. The van der Waals surface area contributed by atoms with E-state index in [1.54, 1.807) is 6.20 Å². The van der Waals surface area contributed by atoms with Crippen LogP contribution in [0, 0.1) is 6.92 Å². The van der Waals surface area contributed by atoms with Gasteiger partial charge in [0.15, 0.2) is 0 Å². The lowest BCUT2D eigenvalue weighted by atomic mass is 10.4. The number of pyridine rings is 1. The fourth-order valence-electron chi connectivity index (χ4n) is 0.448. The lowest BCUT2D eigenvalue weighted by Crippen LogP contribution is -1.72. The van der Waals surface area contributed by atoms with E-state index in [0.717, 1.165) is 5.69 Å². The van der Waals surface area contributed by atoms with Crippen molar-refractivity contribution in [3.8, 4) is 0 Å². The van der Waals surface area contributed by atoms with Crippen LogP contribution in [0.25, 0.3) is 0 Å². The van der Waals surface area contributed by atoms with Gasteiger partial charge in [-0.25, -0.2) is 0 Å². The summed E-state index contributed by atoms with van der Waals surface area (Å²) < 4.78 is 0. The molecule has 1 aromatic heterocycles. The molecule has 0 saturated carbocycles. The lowest BCUT2D eigenvalue weighted by molar-refractivity contribution is 1.20. The fraction of sp³-hybridized carbons (Fsp3) is 0.500. The number of hydrogen-bond acceptors (Lipinski definition) is 1. The van der Waals surface area contributed by atoms with Crippen molar-refractivity contribution in [2.75, 3.05) is 0 Å². The number of rotatable bonds is 0. The van der Waals surface area contributed by atoms with Gasteiger partial charge in [-0.2, -0.15) is 0 Å². The van der Waals surface area contributed by atoms with Gasteiger partial charge in [-0.05, 0) is 19.1 Å². The summed E-state index contributed by atoms with van der Waals surface area (Å²) in [7, 11) is 0. The maximum Gasteiger partial charge on any atom is 0.0372 e. The molecule has 1 heterocycles. The zero-order valence-corrected chi connectivity index (χ0v) is 8.83. The van der Waals surface area contributed by atoms with Gasteiger partial charge in [0.2, 0.25) is 0 Å². The average molecular weight is 164 g/mol. The molecular weight excluding hydrogens is 145 g/mol. The van der Waals surface area contributed by atoms with Crippen LogP contribution in [0.4, 0.5) is 0 Å². The first-order valence-electron chi connectivity index (χ1n) is 4.27. The summed E-state index contributed by atoms with van der Waals surface area (Å²) in [5, 5.41) is 0. The first kappa shape index (κ1) is 17.3. The molecule has 12 heavy (non-hydrogen) atoms. The molecular formula is C10H19BN. The third-order valence-corrected chi connectivity index (χ3v) is 0.813. The number of aromatic nitrogens is 1. The molecule has 0 aliphatic rings. The fourth-order valence-corrected chi connectivity index (χ4v) is 0.448. The van der Waals surface area contributed by atoms with E-state index in [-0.39, 0.29) is 8.41 Å². The highest BCUT2D eigenvalue weighted by molar-refractivity contribution is 5.75. The summed E-state index contributed by atoms with van der Waals surface area (Å²) in [5.74, 6) is 0. The Kier molecular flexibility index (Phi) is 24.1. The Bertz CT molecular complexity index is 140. The summed E-state index contributed by atoms with van der Waals surface area (Å²) in [6.45, 7) is 9.97. The van der Waals surface area contributed by atoms with Crippen molar-refractivity contribution in [1.29, 1.82) is 0 Å². The van der Waals surface area contributed by atoms with Crippen molar-refractivity contribution in [2.45, 2.75) is 34.6 Å². The Hall–Kier alpha value is -0.785. The Balaban J connectivity index is -0.000000144. The summed E-state index contributed by atoms with van der Waals surface area (Å²) in [6, 6.07) is 5.86. The molecule has 0 saturated heterocycles. The minimum absolute atomic E-state index is 0. The van der Waals surface area contributed by atoms with Crippen molar-refractivity contribution < 1.29 is 0 Å².